The Morgan fingerprint density at radius 2 is 1.54 bits per heavy atom. The van der Waals surface area contributed by atoms with Crippen LogP contribution in [0.3, 0.4) is 0 Å². The van der Waals surface area contributed by atoms with Crippen LogP contribution >= 0.6 is 0 Å². The van der Waals surface area contributed by atoms with Crippen LogP contribution in [-0.2, 0) is 17.1 Å². The van der Waals surface area contributed by atoms with Gasteiger partial charge in [0.25, 0.3) is 0 Å². The molecule has 1 aromatic rings. The molecule has 2 fully saturated rings. The van der Waals surface area contributed by atoms with E-state index in [2.05, 4.69) is 87.7 Å². The van der Waals surface area contributed by atoms with Gasteiger partial charge in [-0.05, 0) is 32.1 Å². The Hall–Kier alpha value is -0.0410. The number of nitrogens with zero attached hydrogens (tertiary/aromatic N) is 1. The molecule has 1 aromatic carbocycles. The molecule has 0 bridgehead atoms. The van der Waals surface area contributed by atoms with Gasteiger partial charge in [0.15, 0.2) is 0 Å². The van der Waals surface area contributed by atoms with Crippen molar-refractivity contribution in [1.82, 2.24) is 4.90 Å². The van der Waals surface area contributed by atoms with Gasteiger partial charge in [-0.3, -0.25) is 0 Å². The third-order valence-electron chi connectivity index (χ3n) is 4.03. The molecule has 1 nitrogen and oxygen atoms in total. The van der Waals surface area contributed by atoms with Crippen LogP contribution in [0.1, 0.15) is 12.5 Å². The first-order valence-electron chi connectivity index (χ1n) is 8.61. The predicted octanol–water partition coefficient (Wildman–Crippen LogP) is 4.52. The monoisotopic (exact) mass is 453 g/mol. The second-order valence-corrected chi connectivity index (χ2v) is 8.30. The summed E-state index contributed by atoms with van der Waals surface area (Å²) in [5, 5.41) is 1.15. The zero-order valence-electron chi connectivity index (χ0n) is 15.7. The third-order valence-corrected chi connectivity index (χ3v) is 6.22. The van der Waals surface area contributed by atoms with Crippen molar-refractivity contribution in [2.24, 2.45) is 0 Å². The first-order valence-corrected chi connectivity index (χ1v) is 10.7. The number of allylic oxidation sites excluding steroid dienone is 1. The predicted molar refractivity (Wildman–Crippen MR) is 110 cm³/mol. The molecule has 0 amide bonds. The third kappa shape index (κ3) is 8.76. The van der Waals surface area contributed by atoms with E-state index in [1.807, 2.05) is 32.1 Å². The van der Waals surface area contributed by atoms with E-state index >= 15 is 0 Å². The molecule has 3 rings (SSSR count). The molecule has 2 aliphatic carbocycles. The van der Waals surface area contributed by atoms with Crippen molar-refractivity contribution in [3.8, 4) is 0 Å². The summed E-state index contributed by atoms with van der Waals surface area (Å²) in [5.74, 6) is 1.49. The number of hydrogen-bond donors (Lipinski definition) is 0. The molecular weight excluding hydrogens is 425 g/mol. The normalized spacial score (nSPS) is 19.4. The Balaban J connectivity index is 0.000000486. The topological polar surface area (TPSA) is 3.24 Å². The van der Waals surface area contributed by atoms with Crippen LogP contribution in [-0.4, -0.2) is 40.0 Å². The number of hydrogen-bond acceptors (Lipinski definition) is 1. The smallest absolute Gasteiger partial charge is 0.0312 e. The van der Waals surface area contributed by atoms with Gasteiger partial charge in [-0.1, -0.05) is 0 Å². The molecule has 10 radical (unpaired) electrons. The molecule has 0 unspecified atom stereocenters. The molecule has 0 aliphatic heterocycles. The number of rotatable bonds is 6. The zero-order valence-corrected chi connectivity index (χ0v) is 18.5. The van der Waals surface area contributed by atoms with E-state index in [4.69, 9.17) is 0 Å². The Morgan fingerprint density at radius 1 is 0.923 bits per heavy atom. The second kappa shape index (κ2) is 14.0. The standard InChI is InChI=1S/C18H22NSe.C5H5.Fe/c1-15(19(2)3)17-12-7-13-18(17)20-14-8-11-16-9-5-4-6-10-16;1-2-4-5-3-1;/h4-13,15H,14H2,1-3H3;1-5H;/q;;+2/b11-8-;;/t15-;;/m1../s1. The molecule has 1 atom stereocenters. The molecule has 2 saturated carbocycles. The summed E-state index contributed by atoms with van der Waals surface area (Å²) >= 11 is 0.522. The minimum Gasteiger partial charge on any atom is -0.0312 e. The molecule has 136 valence electrons. The minimum absolute atomic E-state index is 0. The second-order valence-electron chi connectivity index (χ2n) is 6.07. The fourth-order valence-electron chi connectivity index (χ4n) is 2.38. The van der Waals surface area contributed by atoms with Crippen LogP contribution in [0.2, 0.25) is 5.32 Å². The maximum Gasteiger partial charge on any atom is 2.00 e. The van der Waals surface area contributed by atoms with Gasteiger partial charge in [0.05, 0.1) is 0 Å². The van der Waals surface area contributed by atoms with Crippen LogP contribution in [0.4, 0.5) is 0 Å². The van der Waals surface area contributed by atoms with Gasteiger partial charge < -0.3 is 0 Å². The van der Waals surface area contributed by atoms with Gasteiger partial charge in [0.1, 0.15) is 0 Å². The zero-order chi connectivity index (χ0) is 17.9. The van der Waals surface area contributed by atoms with Crippen LogP contribution in [0.5, 0.6) is 0 Å². The average molecular weight is 452 g/mol. The van der Waals surface area contributed by atoms with E-state index in [9.17, 15) is 0 Å². The molecule has 3 heteroatoms. The molecule has 0 spiro atoms. The Bertz CT molecular complexity index is 477. The molecule has 0 heterocycles. The van der Waals surface area contributed by atoms with Crippen LogP contribution in [0.25, 0.3) is 6.08 Å². The summed E-state index contributed by atoms with van der Waals surface area (Å²) in [6.07, 6.45) is 21.3. The van der Waals surface area contributed by atoms with Crippen molar-refractivity contribution < 1.29 is 17.1 Å². The quantitative estimate of drug-likeness (QED) is 0.574. The summed E-state index contributed by atoms with van der Waals surface area (Å²) in [6.45, 7) is 2.27. The van der Waals surface area contributed by atoms with Gasteiger partial charge >= 0.3 is 147 Å². The van der Waals surface area contributed by atoms with Gasteiger partial charge in [0.2, 0.25) is 0 Å². The fourth-order valence-corrected chi connectivity index (χ4v) is 4.38. The number of benzene rings is 1. The van der Waals surface area contributed by atoms with Crippen LogP contribution in [0.15, 0.2) is 36.4 Å². The maximum atomic E-state index is 2.30. The average Bonchev–Trinajstić information content (AvgIpc) is 3.33. The van der Waals surface area contributed by atoms with E-state index in [0.29, 0.717) is 21.0 Å². The van der Waals surface area contributed by atoms with Gasteiger partial charge in [-0.25, -0.2) is 0 Å². The fraction of sp³-hybridized carbons (Fsp3) is 0.217. The summed E-state index contributed by atoms with van der Waals surface area (Å²) in [5.41, 5.74) is 1.28. The van der Waals surface area contributed by atoms with E-state index in [0.717, 1.165) is 5.32 Å². The van der Waals surface area contributed by atoms with Crippen molar-refractivity contribution in [3.63, 3.8) is 0 Å². The van der Waals surface area contributed by atoms with Crippen LogP contribution in [0, 0.1) is 62.1 Å². The van der Waals surface area contributed by atoms with Crippen molar-refractivity contribution in [1.29, 1.82) is 0 Å². The first-order chi connectivity index (χ1) is 12.2. The van der Waals surface area contributed by atoms with Crippen molar-refractivity contribution >= 4 is 21.0 Å². The largest absolute Gasteiger partial charge is 2.00 e. The summed E-state index contributed by atoms with van der Waals surface area (Å²) in [6, 6.07) is 11.0. The summed E-state index contributed by atoms with van der Waals surface area (Å²) < 4.78 is 0. The molecule has 26 heavy (non-hydrogen) atoms. The maximum absolute atomic E-state index is 2.30. The van der Waals surface area contributed by atoms with Crippen molar-refractivity contribution in [3.05, 3.63) is 104 Å². The van der Waals surface area contributed by atoms with Crippen LogP contribution < -0.4 is 0 Å². The first kappa shape index (κ1) is 24.0. The Kier molecular flexibility index (Phi) is 12.9. The molecule has 0 aromatic heterocycles. The Labute approximate surface area is 179 Å². The molecular formula is C23H27FeNSe+2. The van der Waals surface area contributed by atoms with Gasteiger partial charge in [-0.2, -0.15) is 0 Å². The van der Waals surface area contributed by atoms with E-state index < -0.39 is 0 Å². The Morgan fingerprint density at radius 3 is 2.12 bits per heavy atom. The van der Waals surface area contributed by atoms with Gasteiger partial charge in [0, 0.05) is 0 Å². The van der Waals surface area contributed by atoms with E-state index in [-0.39, 0.29) is 17.1 Å². The van der Waals surface area contributed by atoms with Crippen molar-refractivity contribution in [2.75, 3.05) is 14.1 Å². The minimum atomic E-state index is 0. The van der Waals surface area contributed by atoms with E-state index in [1.165, 1.54) is 16.3 Å². The molecule has 0 N–H and O–H groups in total. The van der Waals surface area contributed by atoms with Crippen molar-refractivity contribution in [2.45, 2.75) is 18.3 Å². The summed E-state index contributed by atoms with van der Waals surface area (Å²) in [7, 11) is 4.29. The van der Waals surface area contributed by atoms with Gasteiger partial charge in [-0.15, -0.1) is 0 Å². The molecule has 2 aliphatic rings. The SMILES string of the molecule is C[C@H]([C]1[CH][CH][CH][C]1[Se]C/C=C\c1ccccc1)N(C)C.[CH]1[CH][CH][CH][CH]1.[Fe+2]. The summed E-state index contributed by atoms with van der Waals surface area (Å²) in [4.78, 5) is 3.81. The molecule has 0 saturated heterocycles. The van der Waals surface area contributed by atoms with E-state index in [1.54, 1.807) is 0 Å².